The standard InChI is InChI=1S/C24H29N7O/c1-6-23(2,3)19-11-20(31(5)30-19)29-22-26-8-7-18(28-22)15-9-16(12-25)21-17(10-15)24(4,14-32)13-27-21/h7-11,27,32H,6,13-14H2,1-5H3,(H,26,28,29). The molecule has 8 nitrogen and oxygen atoms in total. The third kappa shape index (κ3) is 3.69. The average molecular weight is 432 g/mol. The number of aryl methyl sites for hydroxylation is 1. The molecule has 32 heavy (non-hydrogen) atoms. The average Bonchev–Trinajstić information content (AvgIpc) is 3.34. The molecular formula is C24H29N7O. The summed E-state index contributed by atoms with van der Waals surface area (Å²) in [6.07, 6.45) is 2.68. The fourth-order valence-corrected chi connectivity index (χ4v) is 3.85. The first-order valence-corrected chi connectivity index (χ1v) is 10.8. The van der Waals surface area contributed by atoms with Gasteiger partial charge in [-0.2, -0.15) is 10.4 Å². The van der Waals surface area contributed by atoms with Gasteiger partial charge in [-0.1, -0.05) is 27.7 Å². The van der Waals surface area contributed by atoms with Crippen LogP contribution >= 0.6 is 0 Å². The van der Waals surface area contributed by atoms with Crippen LogP contribution in [0.3, 0.4) is 0 Å². The molecule has 1 atom stereocenters. The lowest BCUT2D eigenvalue weighted by Crippen LogP contribution is -2.28. The molecule has 1 aliphatic heterocycles. The molecule has 0 fully saturated rings. The van der Waals surface area contributed by atoms with Crippen molar-refractivity contribution in [3.8, 4) is 17.3 Å². The molecule has 4 rings (SSSR count). The fraction of sp³-hybridized carbons (Fsp3) is 0.417. The van der Waals surface area contributed by atoms with Crippen LogP contribution in [0, 0.1) is 11.3 Å². The summed E-state index contributed by atoms with van der Waals surface area (Å²) < 4.78 is 1.80. The van der Waals surface area contributed by atoms with Crippen LogP contribution in [-0.2, 0) is 17.9 Å². The quantitative estimate of drug-likeness (QED) is 0.543. The van der Waals surface area contributed by atoms with E-state index < -0.39 is 5.41 Å². The molecule has 0 saturated heterocycles. The number of fused-ring (bicyclic) bond motifs is 1. The highest BCUT2D eigenvalue weighted by atomic mass is 16.3. The van der Waals surface area contributed by atoms with E-state index in [4.69, 9.17) is 0 Å². The van der Waals surface area contributed by atoms with Crippen LogP contribution in [-0.4, -0.2) is 38.0 Å². The van der Waals surface area contributed by atoms with Crippen molar-refractivity contribution in [1.29, 1.82) is 5.26 Å². The van der Waals surface area contributed by atoms with Gasteiger partial charge in [0, 0.05) is 42.2 Å². The number of nitrogens with one attached hydrogen (secondary N) is 2. The third-order valence-electron chi connectivity index (χ3n) is 6.56. The minimum absolute atomic E-state index is 0.00513. The smallest absolute Gasteiger partial charge is 0.228 e. The molecule has 3 aromatic rings. The molecule has 0 spiro atoms. The molecule has 1 aliphatic rings. The largest absolute Gasteiger partial charge is 0.395 e. The van der Waals surface area contributed by atoms with Gasteiger partial charge in [0.15, 0.2) is 0 Å². The second-order valence-corrected chi connectivity index (χ2v) is 9.30. The number of hydrogen-bond donors (Lipinski definition) is 3. The maximum atomic E-state index is 9.94. The van der Waals surface area contributed by atoms with E-state index in [2.05, 4.69) is 52.5 Å². The first-order valence-electron chi connectivity index (χ1n) is 10.8. The maximum Gasteiger partial charge on any atom is 0.228 e. The number of aliphatic hydroxyl groups excluding tert-OH is 1. The van der Waals surface area contributed by atoms with E-state index in [-0.39, 0.29) is 12.0 Å². The zero-order valence-electron chi connectivity index (χ0n) is 19.2. The van der Waals surface area contributed by atoms with E-state index in [0.29, 0.717) is 23.8 Å². The van der Waals surface area contributed by atoms with Gasteiger partial charge in [0.25, 0.3) is 0 Å². The van der Waals surface area contributed by atoms with Gasteiger partial charge in [-0.05, 0) is 30.2 Å². The number of nitrogens with zero attached hydrogens (tertiary/aromatic N) is 5. The molecule has 1 unspecified atom stereocenters. The molecule has 166 valence electrons. The number of rotatable bonds is 6. The van der Waals surface area contributed by atoms with Gasteiger partial charge in [0.05, 0.1) is 29.2 Å². The van der Waals surface area contributed by atoms with E-state index in [9.17, 15) is 10.4 Å². The highest BCUT2D eigenvalue weighted by Crippen LogP contribution is 2.41. The normalized spacial score (nSPS) is 17.5. The number of aliphatic hydroxyl groups is 1. The lowest BCUT2D eigenvalue weighted by Gasteiger charge is -2.21. The SMILES string of the molecule is CCC(C)(C)c1cc(Nc2nccc(-c3cc(C#N)c4c(c3)C(C)(CO)CN4)n2)n(C)n1. The zero-order valence-corrected chi connectivity index (χ0v) is 19.2. The number of benzene rings is 1. The molecule has 0 radical (unpaired) electrons. The van der Waals surface area contributed by atoms with Crippen LogP contribution in [0.1, 0.15) is 50.9 Å². The summed E-state index contributed by atoms with van der Waals surface area (Å²) in [5.74, 6) is 1.26. The second-order valence-electron chi connectivity index (χ2n) is 9.30. The molecule has 3 N–H and O–H groups in total. The molecule has 8 heteroatoms. The van der Waals surface area contributed by atoms with E-state index in [1.54, 1.807) is 10.9 Å². The summed E-state index contributed by atoms with van der Waals surface area (Å²) in [5, 5.41) is 30.8. The summed E-state index contributed by atoms with van der Waals surface area (Å²) >= 11 is 0. The Morgan fingerprint density at radius 1 is 1.34 bits per heavy atom. The Morgan fingerprint density at radius 3 is 2.81 bits per heavy atom. The third-order valence-corrected chi connectivity index (χ3v) is 6.56. The number of anilines is 3. The van der Waals surface area contributed by atoms with Crippen LogP contribution in [0.5, 0.6) is 0 Å². The van der Waals surface area contributed by atoms with Crippen LogP contribution in [0.25, 0.3) is 11.3 Å². The summed E-state index contributed by atoms with van der Waals surface area (Å²) in [5.41, 5.74) is 4.32. The molecule has 2 aromatic heterocycles. The van der Waals surface area contributed by atoms with Crippen molar-refractivity contribution in [2.75, 3.05) is 23.8 Å². The minimum atomic E-state index is -0.442. The Balaban J connectivity index is 1.70. The highest BCUT2D eigenvalue weighted by molar-refractivity contribution is 5.76. The summed E-state index contributed by atoms with van der Waals surface area (Å²) in [4.78, 5) is 9.06. The number of hydrogen-bond acceptors (Lipinski definition) is 7. The Bertz CT molecular complexity index is 1210. The predicted molar refractivity (Wildman–Crippen MR) is 125 cm³/mol. The van der Waals surface area contributed by atoms with Crippen LogP contribution in [0.15, 0.2) is 30.5 Å². The van der Waals surface area contributed by atoms with Gasteiger partial charge in [-0.25, -0.2) is 9.97 Å². The van der Waals surface area contributed by atoms with Gasteiger partial charge in [0.1, 0.15) is 11.9 Å². The van der Waals surface area contributed by atoms with E-state index in [1.165, 1.54) is 0 Å². The van der Waals surface area contributed by atoms with E-state index in [0.717, 1.165) is 34.7 Å². The first kappa shape index (κ1) is 21.8. The molecule has 0 aliphatic carbocycles. The number of nitriles is 1. The summed E-state index contributed by atoms with van der Waals surface area (Å²) in [7, 11) is 1.89. The van der Waals surface area contributed by atoms with Crippen molar-refractivity contribution in [2.45, 2.75) is 44.9 Å². The van der Waals surface area contributed by atoms with E-state index >= 15 is 0 Å². The van der Waals surface area contributed by atoms with Crippen molar-refractivity contribution in [1.82, 2.24) is 19.7 Å². The number of aromatic nitrogens is 4. The van der Waals surface area contributed by atoms with Crippen LogP contribution < -0.4 is 10.6 Å². The van der Waals surface area contributed by atoms with Crippen molar-refractivity contribution >= 4 is 17.5 Å². The molecule has 0 saturated carbocycles. The second kappa shape index (κ2) is 7.92. The Morgan fingerprint density at radius 2 is 2.12 bits per heavy atom. The molecule has 3 heterocycles. The molecular weight excluding hydrogens is 402 g/mol. The predicted octanol–water partition coefficient (Wildman–Crippen LogP) is 3.86. The van der Waals surface area contributed by atoms with E-state index in [1.807, 2.05) is 38.2 Å². The monoisotopic (exact) mass is 431 g/mol. The van der Waals surface area contributed by atoms with Gasteiger partial charge in [-0.15, -0.1) is 0 Å². The van der Waals surface area contributed by atoms with Gasteiger partial charge >= 0.3 is 0 Å². The van der Waals surface area contributed by atoms with Gasteiger partial charge in [0.2, 0.25) is 5.95 Å². The molecule has 0 amide bonds. The Hall–Kier alpha value is -3.44. The fourth-order valence-electron chi connectivity index (χ4n) is 3.85. The van der Waals surface area contributed by atoms with Crippen molar-refractivity contribution in [3.63, 3.8) is 0 Å². The van der Waals surface area contributed by atoms with Crippen molar-refractivity contribution in [3.05, 3.63) is 47.3 Å². The zero-order chi connectivity index (χ0) is 23.1. The summed E-state index contributed by atoms with van der Waals surface area (Å²) in [6, 6.07) is 9.95. The first-order chi connectivity index (χ1) is 15.2. The van der Waals surface area contributed by atoms with Gasteiger partial charge < -0.3 is 15.7 Å². The topological polar surface area (TPSA) is 112 Å². The lowest BCUT2D eigenvalue weighted by atomic mass is 9.83. The van der Waals surface area contributed by atoms with Crippen molar-refractivity contribution in [2.24, 2.45) is 7.05 Å². The molecule has 1 aromatic carbocycles. The molecule has 0 bridgehead atoms. The van der Waals surface area contributed by atoms with Crippen molar-refractivity contribution < 1.29 is 5.11 Å². The highest BCUT2D eigenvalue weighted by Gasteiger charge is 2.36. The Kier molecular flexibility index (Phi) is 5.39. The van der Waals surface area contributed by atoms with Gasteiger partial charge in [-0.3, -0.25) is 4.68 Å². The summed E-state index contributed by atoms with van der Waals surface area (Å²) in [6.45, 7) is 9.07. The van der Waals surface area contributed by atoms with Crippen LogP contribution in [0.4, 0.5) is 17.5 Å². The maximum absolute atomic E-state index is 9.94. The Labute approximate surface area is 188 Å². The lowest BCUT2D eigenvalue weighted by molar-refractivity contribution is 0.219. The van der Waals surface area contributed by atoms with Crippen LogP contribution in [0.2, 0.25) is 0 Å². The minimum Gasteiger partial charge on any atom is -0.395 e.